The maximum atomic E-state index is 13.0. The molecule has 1 N–H and O–H groups in total. The summed E-state index contributed by atoms with van der Waals surface area (Å²) < 4.78 is 14.8. The average Bonchev–Trinajstić information content (AvgIpc) is 2.83. The highest BCUT2D eigenvalue weighted by atomic mass is 19.1. The van der Waals surface area contributed by atoms with Crippen molar-refractivity contribution in [3.05, 3.63) is 53.6 Å². The van der Waals surface area contributed by atoms with Gasteiger partial charge in [0.15, 0.2) is 0 Å². The Bertz CT molecular complexity index is 594. The van der Waals surface area contributed by atoms with Gasteiger partial charge in [0.1, 0.15) is 5.82 Å². The fourth-order valence-electron chi connectivity index (χ4n) is 1.92. The maximum Gasteiger partial charge on any atom is 0.224 e. The summed E-state index contributed by atoms with van der Waals surface area (Å²) in [7, 11) is 0. The van der Waals surface area contributed by atoms with E-state index in [9.17, 15) is 9.18 Å². The van der Waals surface area contributed by atoms with Gasteiger partial charge in [-0.2, -0.15) is 5.10 Å². The van der Waals surface area contributed by atoms with Crippen LogP contribution in [0, 0.1) is 12.7 Å². The van der Waals surface area contributed by atoms with Crippen molar-refractivity contribution in [3.63, 3.8) is 0 Å². The van der Waals surface area contributed by atoms with Crippen LogP contribution in [0.5, 0.6) is 0 Å². The minimum atomic E-state index is -0.323. The fourth-order valence-corrected chi connectivity index (χ4v) is 1.92. The minimum Gasteiger partial charge on any atom is -0.354 e. The molecule has 0 unspecified atom stereocenters. The maximum absolute atomic E-state index is 13.0. The number of aromatic nitrogens is 2. The first-order valence-corrected chi connectivity index (χ1v) is 6.56. The predicted molar refractivity (Wildman–Crippen MR) is 74.8 cm³/mol. The van der Waals surface area contributed by atoms with Crippen molar-refractivity contribution in [2.75, 3.05) is 6.54 Å². The van der Waals surface area contributed by atoms with E-state index in [1.54, 1.807) is 18.3 Å². The molecule has 0 radical (unpaired) electrons. The molecule has 1 heterocycles. The number of carbonyl (C=O) groups excluding carboxylic acids is 1. The van der Waals surface area contributed by atoms with Gasteiger partial charge in [-0.05, 0) is 37.1 Å². The van der Waals surface area contributed by atoms with Gasteiger partial charge in [-0.25, -0.2) is 4.39 Å². The molecule has 5 heteroatoms. The molecule has 0 saturated heterocycles. The molecule has 0 fully saturated rings. The first-order valence-electron chi connectivity index (χ1n) is 6.56. The molecule has 106 valence electrons. The number of amides is 1. The summed E-state index contributed by atoms with van der Waals surface area (Å²) in [6.07, 6.45) is 3.90. The van der Waals surface area contributed by atoms with Crippen LogP contribution in [0.4, 0.5) is 4.39 Å². The van der Waals surface area contributed by atoms with Gasteiger partial charge in [-0.3, -0.25) is 9.48 Å². The highest BCUT2D eigenvalue weighted by molar-refractivity contribution is 5.78. The lowest BCUT2D eigenvalue weighted by Crippen LogP contribution is -2.30. The van der Waals surface area contributed by atoms with Crippen molar-refractivity contribution in [2.45, 2.75) is 26.3 Å². The number of nitrogens with zero attached hydrogens (tertiary/aromatic N) is 2. The predicted octanol–water partition coefficient (Wildman–Crippen LogP) is 2.25. The lowest BCUT2D eigenvalue weighted by atomic mass is 10.1. The van der Waals surface area contributed by atoms with E-state index >= 15 is 0 Å². The molecule has 0 bridgehead atoms. The third-order valence-corrected chi connectivity index (χ3v) is 3.03. The third kappa shape index (κ3) is 3.91. The molecule has 0 aliphatic carbocycles. The smallest absolute Gasteiger partial charge is 0.224 e. The van der Waals surface area contributed by atoms with Gasteiger partial charge in [0.25, 0.3) is 0 Å². The van der Waals surface area contributed by atoms with Crippen molar-refractivity contribution in [1.82, 2.24) is 15.1 Å². The molecule has 4 nitrogen and oxygen atoms in total. The van der Waals surface area contributed by atoms with Crippen molar-refractivity contribution in [3.8, 4) is 0 Å². The molecule has 0 spiro atoms. The number of hydrogen-bond acceptors (Lipinski definition) is 2. The normalized spacial score (nSPS) is 12.2. The highest BCUT2D eigenvalue weighted by Gasteiger charge is 2.09. The van der Waals surface area contributed by atoms with Crippen LogP contribution < -0.4 is 5.32 Å². The summed E-state index contributed by atoms with van der Waals surface area (Å²) in [5.41, 5.74) is 1.76. The molecular formula is C15H18FN3O. The Kier molecular flexibility index (Phi) is 4.50. The Morgan fingerprint density at radius 3 is 2.95 bits per heavy atom. The molecular weight excluding hydrogens is 257 g/mol. The first-order chi connectivity index (χ1) is 9.54. The second-order valence-electron chi connectivity index (χ2n) is 4.96. The van der Waals surface area contributed by atoms with Crippen LogP contribution in [-0.2, 0) is 11.2 Å². The van der Waals surface area contributed by atoms with Gasteiger partial charge in [-0.1, -0.05) is 12.1 Å². The topological polar surface area (TPSA) is 46.9 Å². The number of hydrogen-bond donors (Lipinski definition) is 1. The van der Waals surface area contributed by atoms with Crippen LogP contribution in [0.15, 0.2) is 36.7 Å². The number of benzene rings is 1. The van der Waals surface area contributed by atoms with E-state index in [4.69, 9.17) is 0 Å². The van der Waals surface area contributed by atoms with Gasteiger partial charge in [0.2, 0.25) is 5.91 Å². The van der Waals surface area contributed by atoms with Crippen LogP contribution in [0.1, 0.15) is 24.1 Å². The zero-order valence-corrected chi connectivity index (χ0v) is 11.6. The molecule has 1 atom stereocenters. The van der Waals surface area contributed by atoms with Crippen molar-refractivity contribution >= 4 is 5.91 Å². The summed E-state index contributed by atoms with van der Waals surface area (Å²) in [5.74, 6) is -0.443. The molecule has 1 aromatic carbocycles. The molecule has 2 aromatic rings. The van der Waals surface area contributed by atoms with Gasteiger partial charge in [0.05, 0.1) is 18.7 Å². The average molecular weight is 275 g/mol. The van der Waals surface area contributed by atoms with E-state index in [0.717, 1.165) is 5.56 Å². The lowest BCUT2D eigenvalue weighted by Gasteiger charge is -2.13. The Balaban J connectivity index is 1.83. The third-order valence-electron chi connectivity index (χ3n) is 3.03. The van der Waals surface area contributed by atoms with Gasteiger partial charge in [0, 0.05) is 12.7 Å². The first kappa shape index (κ1) is 14.2. The lowest BCUT2D eigenvalue weighted by molar-refractivity contribution is -0.120. The van der Waals surface area contributed by atoms with E-state index in [1.807, 2.05) is 24.7 Å². The standard InChI is InChI=1S/C15H18FN3O/c1-11-8-18-19(10-11)12(2)9-17-15(20)7-13-4-3-5-14(16)6-13/h3-6,8,10,12H,7,9H2,1-2H3,(H,17,20)/t12-/m0/s1. The molecule has 20 heavy (non-hydrogen) atoms. The van der Waals surface area contributed by atoms with Gasteiger partial charge >= 0.3 is 0 Å². The Morgan fingerprint density at radius 1 is 1.50 bits per heavy atom. The van der Waals surface area contributed by atoms with Crippen LogP contribution in [0.3, 0.4) is 0 Å². The van der Waals surface area contributed by atoms with Crippen molar-refractivity contribution in [1.29, 1.82) is 0 Å². The molecule has 1 amide bonds. The van der Waals surface area contributed by atoms with Crippen LogP contribution in [-0.4, -0.2) is 22.2 Å². The van der Waals surface area contributed by atoms with E-state index < -0.39 is 0 Å². The summed E-state index contributed by atoms with van der Waals surface area (Å²) in [6, 6.07) is 6.17. The second-order valence-corrected chi connectivity index (χ2v) is 4.96. The summed E-state index contributed by atoms with van der Waals surface area (Å²) >= 11 is 0. The van der Waals surface area contributed by atoms with Crippen molar-refractivity contribution in [2.24, 2.45) is 0 Å². The highest BCUT2D eigenvalue weighted by Crippen LogP contribution is 2.06. The second kappa shape index (κ2) is 6.32. The fraction of sp³-hybridized carbons (Fsp3) is 0.333. The van der Waals surface area contributed by atoms with E-state index in [-0.39, 0.29) is 24.2 Å². The quantitative estimate of drug-likeness (QED) is 0.909. The molecule has 0 saturated carbocycles. The number of carbonyl (C=O) groups is 1. The summed E-state index contributed by atoms with van der Waals surface area (Å²) in [4.78, 5) is 11.8. The van der Waals surface area contributed by atoms with Crippen LogP contribution in [0.2, 0.25) is 0 Å². The zero-order chi connectivity index (χ0) is 14.5. The molecule has 1 aromatic heterocycles. The SMILES string of the molecule is Cc1cnn([C@@H](C)CNC(=O)Cc2cccc(F)c2)c1. The Labute approximate surface area is 117 Å². The van der Waals surface area contributed by atoms with Crippen molar-refractivity contribution < 1.29 is 9.18 Å². The Morgan fingerprint density at radius 2 is 2.30 bits per heavy atom. The zero-order valence-electron chi connectivity index (χ0n) is 11.6. The number of aryl methyl sites for hydroxylation is 1. The number of rotatable bonds is 5. The Hall–Kier alpha value is -2.17. The summed E-state index contributed by atoms with van der Waals surface area (Å²) in [6.45, 7) is 4.45. The number of nitrogens with one attached hydrogen (secondary N) is 1. The van der Waals surface area contributed by atoms with E-state index in [0.29, 0.717) is 12.1 Å². The molecule has 0 aliphatic heterocycles. The van der Waals surface area contributed by atoms with Crippen LogP contribution in [0.25, 0.3) is 0 Å². The van der Waals surface area contributed by atoms with E-state index in [2.05, 4.69) is 10.4 Å². The minimum absolute atomic E-state index is 0.0835. The molecule has 0 aliphatic rings. The monoisotopic (exact) mass is 275 g/mol. The molecule has 2 rings (SSSR count). The van der Waals surface area contributed by atoms with Gasteiger partial charge < -0.3 is 5.32 Å². The van der Waals surface area contributed by atoms with Gasteiger partial charge in [-0.15, -0.1) is 0 Å². The summed E-state index contributed by atoms with van der Waals surface area (Å²) in [5, 5.41) is 7.04. The van der Waals surface area contributed by atoms with Crippen LogP contribution >= 0.6 is 0 Å². The van der Waals surface area contributed by atoms with E-state index in [1.165, 1.54) is 12.1 Å². The largest absolute Gasteiger partial charge is 0.354 e. The number of halogens is 1.